The Morgan fingerprint density at radius 3 is 2.39 bits per heavy atom. The minimum atomic E-state index is -3.45. The lowest BCUT2D eigenvalue weighted by atomic mass is 10.3. The predicted octanol–water partition coefficient (Wildman–Crippen LogP) is 1.91. The van der Waals surface area contributed by atoms with Gasteiger partial charge in [-0.2, -0.15) is 0 Å². The fourth-order valence-electron chi connectivity index (χ4n) is 2.18. The van der Waals surface area contributed by atoms with E-state index in [0.29, 0.717) is 11.4 Å². The quantitative estimate of drug-likeness (QED) is 0.784. The number of amides is 1. The average Bonchev–Trinajstić information content (AvgIpc) is 3.22. The highest BCUT2D eigenvalue weighted by Crippen LogP contribution is 2.23. The van der Waals surface area contributed by atoms with Gasteiger partial charge < -0.3 is 10.1 Å². The van der Waals surface area contributed by atoms with Crippen LogP contribution >= 0.6 is 0 Å². The first kappa shape index (κ1) is 17.6. The number of carbonyl (C=O) groups is 1. The van der Waals surface area contributed by atoms with Gasteiger partial charge in [0.05, 0.1) is 18.0 Å². The topological polar surface area (TPSA) is 75.7 Å². The van der Waals surface area contributed by atoms with Crippen LogP contribution in [0.4, 0.5) is 5.69 Å². The van der Waals surface area contributed by atoms with Crippen LogP contribution in [0, 0.1) is 0 Å². The Morgan fingerprint density at radius 1 is 1.30 bits per heavy atom. The van der Waals surface area contributed by atoms with Crippen molar-refractivity contribution in [2.45, 2.75) is 45.3 Å². The van der Waals surface area contributed by atoms with Gasteiger partial charge in [0, 0.05) is 19.0 Å². The molecular weight excluding hydrogens is 316 g/mol. The van der Waals surface area contributed by atoms with Crippen LogP contribution in [0.1, 0.15) is 33.1 Å². The first-order chi connectivity index (χ1) is 10.8. The number of ether oxygens (including phenoxy) is 1. The number of sulfonamides is 1. The van der Waals surface area contributed by atoms with E-state index in [1.165, 1.54) is 4.31 Å². The maximum absolute atomic E-state index is 12.0. The largest absolute Gasteiger partial charge is 0.491 e. The second-order valence-electron chi connectivity index (χ2n) is 6.09. The first-order valence-corrected chi connectivity index (χ1v) is 9.64. The second-order valence-corrected chi connectivity index (χ2v) is 7.99. The molecule has 0 bridgehead atoms. The van der Waals surface area contributed by atoms with E-state index < -0.39 is 10.0 Å². The molecule has 6 nitrogen and oxygen atoms in total. The molecule has 1 aromatic carbocycles. The van der Waals surface area contributed by atoms with Crippen molar-refractivity contribution in [1.29, 1.82) is 0 Å². The van der Waals surface area contributed by atoms with Gasteiger partial charge in [-0.3, -0.25) is 9.10 Å². The fraction of sp³-hybridized carbons (Fsp3) is 0.562. The van der Waals surface area contributed by atoms with Gasteiger partial charge in [-0.15, -0.1) is 0 Å². The molecular formula is C16H24N2O4S. The Labute approximate surface area is 137 Å². The Balaban J connectivity index is 2.03. The predicted molar refractivity (Wildman–Crippen MR) is 90.2 cm³/mol. The van der Waals surface area contributed by atoms with Crippen molar-refractivity contribution in [3.63, 3.8) is 0 Å². The summed E-state index contributed by atoms with van der Waals surface area (Å²) in [5.41, 5.74) is 0.530. The number of benzene rings is 1. The molecule has 1 aromatic rings. The lowest BCUT2D eigenvalue weighted by Gasteiger charge is -2.22. The van der Waals surface area contributed by atoms with Crippen molar-refractivity contribution in [3.05, 3.63) is 24.3 Å². The summed E-state index contributed by atoms with van der Waals surface area (Å²) in [7, 11) is -3.45. The van der Waals surface area contributed by atoms with Crippen LogP contribution in [0.2, 0.25) is 0 Å². The van der Waals surface area contributed by atoms with Crippen molar-refractivity contribution in [3.8, 4) is 5.75 Å². The molecule has 0 saturated heterocycles. The smallest absolute Gasteiger partial charge is 0.232 e. The van der Waals surface area contributed by atoms with Gasteiger partial charge in [0.25, 0.3) is 0 Å². The van der Waals surface area contributed by atoms with E-state index in [1.54, 1.807) is 24.3 Å². The summed E-state index contributed by atoms with van der Waals surface area (Å²) in [6.07, 6.45) is 3.37. The van der Waals surface area contributed by atoms with E-state index in [4.69, 9.17) is 4.74 Å². The van der Waals surface area contributed by atoms with Crippen molar-refractivity contribution < 1.29 is 17.9 Å². The number of nitrogens with zero attached hydrogens (tertiary/aromatic N) is 1. The van der Waals surface area contributed by atoms with E-state index in [0.717, 1.165) is 19.1 Å². The standard InChI is InChI=1S/C16H24N2O4S/c1-12(2)22-15-8-6-14(7-9-15)18(23(3,20)21)11-10-16(19)17-13-4-5-13/h6-9,12-13H,4-5,10-11H2,1-3H3,(H,17,19). The Morgan fingerprint density at radius 2 is 1.91 bits per heavy atom. The van der Waals surface area contributed by atoms with Gasteiger partial charge in [0.2, 0.25) is 15.9 Å². The van der Waals surface area contributed by atoms with Gasteiger partial charge in [0.1, 0.15) is 5.75 Å². The highest BCUT2D eigenvalue weighted by atomic mass is 32.2. The van der Waals surface area contributed by atoms with Crippen LogP contribution in [0.5, 0.6) is 5.75 Å². The van der Waals surface area contributed by atoms with Crippen molar-refractivity contribution in [2.24, 2.45) is 0 Å². The summed E-state index contributed by atoms with van der Waals surface area (Å²) in [4.78, 5) is 11.8. The number of nitrogens with one attached hydrogen (secondary N) is 1. The minimum Gasteiger partial charge on any atom is -0.491 e. The summed E-state index contributed by atoms with van der Waals surface area (Å²) in [5, 5.41) is 2.86. The van der Waals surface area contributed by atoms with Crippen LogP contribution in [0.15, 0.2) is 24.3 Å². The Bertz CT molecular complexity index is 637. The number of hydrogen-bond acceptors (Lipinski definition) is 4. The van der Waals surface area contributed by atoms with E-state index in [9.17, 15) is 13.2 Å². The van der Waals surface area contributed by atoms with E-state index in [-0.39, 0.29) is 31.0 Å². The van der Waals surface area contributed by atoms with Crippen LogP contribution in [-0.2, 0) is 14.8 Å². The van der Waals surface area contributed by atoms with E-state index >= 15 is 0 Å². The number of carbonyl (C=O) groups excluding carboxylic acids is 1. The third kappa shape index (κ3) is 5.74. The summed E-state index contributed by atoms with van der Waals surface area (Å²) in [5.74, 6) is 0.574. The molecule has 0 aromatic heterocycles. The molecule has 1 aliphatic carbocycles. The molecule has 0 aliphatic heterocycles. The molecule has 1 aliphatic rings. The van der Waals surface area contributed by atoms with E-state index in [1.807, 2.05) is 13.8 Å². The number of rotatable bonds is 8. The molecule has 23 heavy (non-hydrogen) atoms. The van der Waals surface area contributed by atoms with Crippen molar-refractivity contribution in [2.75, 3.05) is 17.1 Å². The highest BCUT2D eigenvalue weighted by molar-refractivity contribution is 7.92. The van der Waals surface area contributed by atoms with Crippen molar-refractivity contribution in [1.82, 2.24) is 5.32 Å². The molecule has 128 valence electrons. The third-order valence-electron chi connectivity index (χ3n) is 3.38. The number of anilines is 1. The summed E-state index contributed by atoms with van der Waals surface area (Å²) >= 11 is 0. The zero-order chi connectivity index (χ0) is 17.0. The normalized spacial score (nSPS) is 14.6. The number of hydrogen-bond donors (Lipinski definition) is 1. The van der Waals surface area contributed by atoms with Gasteiger partial charge in [-0.25, -0.2) is 8.42 Å². The highest BCUT2D eigenvalue weighted by Gasteiger charge is 2.24. The molecule has 1 saturated carbocycles. The zero-order valence-corrected chi connectivity index (χ0v) is 14.6. The van der Waals surface area contributed by atoms with Crippen LogP contribution < -0.4 is 14.4 Å². The molecule has 0 atom stereocenters. The Kier molecular flexibility index (Phi) is 5.51. The second kappa shape index (κ2) is 7.21. The Hall–Kier alpha value is -1.76. The summed E-state index contributed by atoms with van der Waals surface area (Å²) in [6.45, 7) is 3.98. The van der Waals surface area contributed by atoms with Gasteiger partial charge in [-0.05, 0) is 51.0 Å². The monoisotopic (exact) mass is 340 g/mol. The van der Waals surface area contributed by atoms with Gasteiger partial charge >= 0.3 is 0 Å². The molecule has 1 fully saturated rings. The molecule has 0 heterocycles. The zero-order valence-electron chi connectivity index (χ0n) is 13.8. The summed E-state index contributed by atoms with van der Waals surface area (Å²) < 4.78 is 30.8. The molecule has 7 heteroatoms. The lowest BCUT2D eigenvalue weighted by Crippen LogP contribution is -2.35. The lowest BCUT2D eigenvalue weighted by molar-refractivity contribution is -0.121. The molecule has 1 amide bonds. The van der Waals surface area contributed by atoms with Crippen LogP contribution in [0.3, 0.4) is 0 Å². The molecule has 1 N–H and O–H groups in total. The summed E-state index contributed by atoms with van der Waals surface area (Å²) in [6, 6.07) is 7.13. The molecule has 2 rings (SSSR count). The average molecular weight is 340 g/mol. The minimum absolute atomic E-state index is 0.0537. The first-order valence-electron chi connectivity index (χ1n) is 7.79. The van der Waals surface area contributed by atoms with Crippen LogP contribution in [0.25, 0.3) is 0 Å². The maximum atomic E-state index is 12.0. The maximum Gasteiger partial charge on any atom is 0.232 e. The van der Waals surface area contributed by atoms with Gasteiger partial charge in [-0.1, -0.05) is 0 Å². The molecule has 0 unspecified atom stereocenters. The third-order valence-corrected chi connectivity index (χ3v) is 4.58. The fourth-order valence-corrected chi connectivity index (χ4v) is 3.11. The van der Waals surface area contributed by atoms with E-state index in [2.05, 4.69) is 5.32 Å². The SMILES string of the molecule is CC(C)Oc1ccc(N(CCC(=O)NC2CC2)S(C)(=O)=O)cc1. The molecule has 0 spiro atoms. The van der Waals surface area contributed by atoms with Gasteiger partial charge in [0.15, 0.2) is 0 Å². The van der Waals surface area contributed by atoms with Crippen molar-refractivity contribution >= 4 is 21.6 Å². The molecule has 0 radical (unpaired) electrons. The van der Waals surface area contributed by atoms with Crippen LogP contribution in [-0.4, -0.2) is 39.3 Å².